The zero-order chi connectivity index (χ0) is 23.3. The van der Waals surface area contributed by atoms with Gasteiger partial charge in [0.15, 0.2) is 0 Å². The smallest absolute Gasteiger partial charge is 0.381 e. The molecule has 0 spiro atoms. The van der Waals surface area contributed by atoms with Crippen LogP contribution < -0.4 is 5.32 Å². The molecule has 1 amide bonds. The fraction of sp³-hybridized carbons (Fsp3) is 0.480. The summed E-state index contributed by atoms with van der Waals surface area (Å²) in [5.41, 5.74) is 0.365. The number of nitrogens with one attached hydrogen (secondary N) is 1. The number of morpholine rings is 1. The maximum absolute atomic E-state index is 13.4. The Balaban J connectivity index is 1.46. The van der Waals surface area contributed by atoms with Crippen molar-refractivity contribution in [1.29, 1.82) is 0 Å². The van der Waals surface area contributed by atoms with E-state index in [9.17, 15) is 18.0 Å². The van der Waals surface area contributed by atoms with Crippen LogP contribution >= 0.6 is 0 Å². The number of benzene rings is 2. The summed E-state index contributed by atoms with van der Waals surface area (Å²) in [7, 11) is 0. The van der Waals surface area contributed by atoms with E-state index in [2.05, 4.69) is 10.2 Å². The first-order valence-corrected chi connectivity index (χ1v) is 11.3. The molecule has 5 nitrogen and oxygen atoms in total. The molecule has 4 rings (SSSR count). The summed E-state index contributed by atoms with van der Waals surface area (Å²) in [6.45, 7) is 5.01. The molecular formula is C25H29F3N2O3. The highest BCUT2D eigenvalue weighted by Crippen LogP contribution is 2.39. The summed E-state index contributed by atoms with van der Waals surface area (Å²) in [4.78, 5) is 15.8. The van der Waals surface area contributed by atoms with E-state index in [0.717, 1.165) is 57.0 Å². The molecule has 1 N–H and O–H groups in total. The van der Waals surface area contributed by atoms with Crippen LogP contribution in [-0.4, -0.2) is 56.9 Å². The number of alkyl halides is 3. The Morgan fingerprint density at radius 3 is 2.30 bits per heavy atom. The van der Waals surface area contributed by atoms with Crippen LogP contribution in [0.15, 0.2) is 48.5 Å². The summed E-state index contributed by atoms with van der Waals surface area (Å²) in [6, 6.07) is 12.8. The second-order valence-electron chi connectivity index (χ2n) is 8.63. The zero-order valence-electron chi connectivity index (χ0n) is 18.5. The first-order chi connectivity index (χ1) is 15.9. The number of amides is 1. The van der Waals surface area contributed by atoms with E-state index in [4.69, 9.17) is 9.47 Å². The zero-order valence-corrected chi connectivity index (χ0v) is 18.5. The summed E-state index contributed by atoms with van der Waals surface area (Å²) in [6.07, 6.45) is -2.90. The van der Waals surface area contributed by atoms with Crippen molar-refractivity contribution in [1.82, 2.24) is 4.90 Å². The van der Waals surface area contributed by atoms with Gasteiger partial charge in [-0.3, -0.25) is 9.69 Å². The monoisotopic (exact) mass is 462 g/mol. The number of nitrogens with zero attached hydrogens (tertiary/aromatic N) is 1. The number of carbonyl (C=O) groups is 1. The number of ether oxygens (including phenoxy) is 2. The predicted octanol–water partition coefficient (Wildman–Crippen LogP) is 4.27. The molecular weight excluding hydrogens is 433 g/mol. The molecule has 0 unspecified atom stereocenters. The Bertz CT molecular complexity index is 935. The number of halogens is 3. The Kier molecular flexibility index (Phi) is 7.36. The topological polar surface area (TPSA) is 50.8 Å². The molecule has 2 aliphatic heterocycles. The minimum atomic E-state index is -4.46. The van der Waals surface area contributed by atoms with Crippen molar-refractivity contribution in [3.05, 3.63) is 65.2 Å². The lowest BCUT2D eigenvalue weighted by molar-refractivity contribution is -0.138. The lowest BCUT2D eigenvalue weighted by Gasteiger charge is -2.36. The predicted molar refractivity (Wildman–Crippen MR) is 119 cm³/mol. The Hall–Kier alpha value is -2.42. The minimum Gasteiger partial charge on any atom is -0.381 e. The van der Waals surface area contributed by atoms with Gasteiger partial charge in [-0.1, -0.05) is 30.3 Å². The van der Waals surface area contributed by atoms with Gasteiger partial charge in [-0.05, 0) is 48.6 Å². The highest BCUT2D eigenvalue weighted by atomic mass is 19.4. The molecule has 0 aromatic heterocycles. The number of hydrogen-bond acceptors (Lipinski definition) is 4. The Morgan fingerprint density at radius 2 is 1.64 bits per heavy atom. The van der Waals surface area contributed by atoms with Crippen LogP contribution in [0.3, 0.4) is 0 Å². The summed E-state index contributed by atoms with van der Waals surface area (Å²) in [5, 5.41) is 2.94. The van der Waals surface area contributed by atoms with Crippen molar-refractivity contribution in [2.75, 3.05) is 51.4 Å². The van der Waals surface area contributed by atoms with Crippen LogP contribution in [-0.2, 0) is 32.3 Å². The molecule has 0 aliphatic carbocycles. The quantitative estimate of drug-likeness (QED) is 0.697. The molecule has 33 heavy (non-hydrogen) atoms. The Labute approximate surface area is 191 Å². The van der Waals surface area contributed by atoms with Gasteiger partial charge in [-0.2, -0.15) is 13.2 Å². The maximum Gasteiger partial charge on any atom is 0.416 e. The molecule has 178 valence electrons. The molecule has 2 aromatic rings. The standard InChI is InChI=1S/C25H29F3N2O3/c26-25(27,28)21-3-1-2-20(18-21)24(9-14-32-15-10-24)23(31)29-22-6-4-19(5-7-22)8-11-30-12-16-33-17-13-30/h1-7,18H,8-17H2,(H,29,31). The van der Waals surface area contributed by atoms with Crippen molar-refractivity contribution in [2.45, 2.75) is 30.9 Å². The second kappa shape index (κ2) is 10.2. The molecule has 0 bridgehead atoms. The molecule has 2 saturated heterocycles. The maximum atomic E-state index is 13.4. The first-order valence-electron chi connectivity index (χ1n) is 11.3. The van der Waals surface area contributed by atoms with E-state index in [1.165, 1.54) is 6.07 Å². The van der Waals surface area contributed by atoms with E-state index < -0.39 is 17.2 Å². The van der Waals surface area contributed by atoms with Crippen molar-refractivity contribution in [3.8, 4) is 0 Å². The van der Waals surface area contributed by atoms with Gasteiger partial charge in [0.25, 0.3) is 0 Å². The summed E-state index contributed by atoms with van der Waals surface area (Å²) >= 11 is 0. The molecule has 2 aliphatic rings. The van der Waals surface area contributed by atoms with Gasteiger partial charge in [0, 0.05) is 38.5 Å². The van der Waals surface area contributed by atoms with Crippen molar-refractivity contribution in [3.63, 3.8) is 0 Å². The van der Waals surface area contributed by atoms with Gasteiger partial charge in [0.05, 0.1) is 24.2 Å². The van der Waals surface area contributed by atoms with Gasteiger partial charge in [-0.15, -0.1) is 0 Å². The van der Waals surface area contributed by atoms with Crippen LogP contribution in [0.25, 0.3) is 0 Å². The molecule has 0 radical (unpaired) electrons. The summed E-state index contributed by atoms with van der Waals surface area (Å²) < 4.78 is 50.7. The minimum absolute atomic E-state index is 0.300. The van der Waals surface area contributed by atoms with Gasteiger partial charge < -0.3 is 14.8 Å². The van der Waals surface area contributed by atoms with Gasteiger partial charge in [0.1, 0.15) is 0 Å². The second-order valence-corrected chi connectivity index (χ2v) is 8.63. The number of rotatable bonds is 6. The number of anilines is 1. The fourth-order valence-corrected chi connectivity index (χ4v) is 4.48. The number of carbonyl (C=O) groups excluding carboxylic acids is 1. The molecule has 8 heteroatoms. The first kappa shape index (κ1) is 23.7. The summed E-state index contributed by atoms with van der Waals surface area (Å²) in [5.74, 6) is -0.300. The van der Waals surface area contributed by atoms with Gasteiger partial charge in [-0.25, -0.2) is 0 Å². The highest BCUT2D eigenvalue weighted by Gasteiger charge is 2.43. The Morgan fingerprint density at radius 1 is 0.970 bits per heavy atom. The molecule has 2 fully saturated rings. The largest absolute Gasteiger partial charge is 0.416 e. The van der Waals surface area contributed by atoms with Gasteiger partial charge in [0.2, 0.25) is 5.91 Å². The molecule has 0 saturated carbocycles. The third-order valence-corrected chi connectivity index (χ3v) is 6.56. The third-order valence-electron chi connectivity index (χ3n) is 6.56. The van der Waals surface area contributed by atoms with E-state index in [0.29, 0.717) is 37.3 Å². The highest BCUT2D eigenvalue weighted by molar-refractivity contribution is 5.99. The van der Waals surface area contributed by atoms with Crippen molar-refractivity contribution < 1.29 is 27.4 Å². The van der Waals surface area contributed by atoms with Crippen molar-refractivity contribution >= 4 is 11.6 Å². The average Bonchev–Trinajstić information content (AvgIpc) is 2.84. The normalized spacial score (nSPS) is 19.2. The third kappa shape index (κ3) is 5.75. The molecule has 2 heterocycles. The lowest BCUT2D eigenvalue weighted by Crippen LogP contribution is -2.45. The van der Waals surface area contributed by atoms with E-state index in [-0.39, 0.29) is 5.91 Å². The van der Waals surface area contributed by atoms with E-state index in [1.54, 1.807) is 6.07 Å². The van der Waals surface area contributed by atoms with Crippen LogP contribution in [0.4, 0.5) is 18.9 Å². The molecule has 2 aromatic carbocycles. The molecule has 0 atom stereocenters. The lowest BCUT2D eigenvalue weighted by atomic mass is 9.73. The average molecular weight is 463 g/mol. The van der Waals surface area contributed by atoms with E-state index >= 15 is 0 Å². The van der Waals surface area contributed by atoms with Crippen LogP contribution in [0.5, 0.6) is 0 Å². The SMILES string of the molecule is O=C(Nc1ccc(CCN2CCOCC2)cc1)C1(c2cccc(C(F)(F)F)c2)CCOCC1. The fourth-order valence-electron chi connectivity index (χ4n) is 4.48. The number of hydrogen-bond donors (Lipinski definition) is 1. The van der Waals surface area contributed by atoms with Crippen LogP contribution in [0, 0.1) is 0 Å². The van der Waals surface area contributed by atoms with E-state index in [1.807, 2.05) is 24.3 Å². The van der Waals surface area contributed by atoms with Gasteiger partial charge >= 0.3 is 6.18 Å². The van der Waals surface area contributed by atoms with Crippen LogP contribution in [0.1, 0.15) is 29.5 Å². The van der Waals surface area contributed by atoms with Crippen molar-refractivity contribution in [2.24, 2.45) is 0 Å². The van der Waals surface area contributed by atoms with Crippen LogP contribution in [0.2, 0.25) is 0 Å².